The molecule has 6 nitrogen and oxygen atoms in total. The maximum Gasteiger partial charge on any atom is 0.240 e. The van der Waals surface area contributed by atoms with Gasteiger partial charge in [0.15, 0.2) is 0 Å². The lowest BCUT2D eigenvalue weighted by atomic mass is 10.0. The van der Waals surface area contributed by atoms with Crippen molar-refractivity contribution in [3.05, 3.63) is 60.2 Å². The molecule has 1 fully saturated rings. The minimum Gasteiger partial charge on any atom is -0.489 e. The summed E-state index contributed by atoms with van der Waals surface area (Å²) in [5.74, 6) is 0.262. The number of carbonyl (C=O) groups excluding carboxylic acids is 2. The Kier molecular flexibility index (Phi) is 6.66. The minimum atomic E-state index is -0.935. The molecule has 0 saturated heterocycles. The summed E-state index contributed by atoms with van der Waals surface area (Å²) in [6.45, 7) is 1.58. The zero-order chi connectivity index (χ0) is 19.8. The van der Waals surface area contributed by atoms with E-state index in [-0.39, 0.29) is 11.8 Å². The van der Waals surface area contributed by atoms with Crippen LogP contribution in [0.4, 0.5) is 5.69 Å². The van der Waals surface area contributed by atoms with Crippen LogP contribution in [0.15, 0.2) is 54.6 Å². The maximum absolute atomic E-state index is 12.6. The molecular weight excluding hydrogens is 356 g/mol. The maximum atomic E-state index is 12.6. The van der Waals surface area contributed by atoms with Crippen LogP contribution in [-0.4, -0.2) is 32.1 Å². The number of amides is 2. The summed E-state index contributed by atoms with van der Waals surface area (Å²) >= 11 is 0. The lowest BCUT2D eigenvalue weighted by Crippen LogP contribution is -2.40. The molecule has 2 aromatic rings. The highest BCUT2D eigenvalue weighted by molar-refractivity contribution is 6.13. The zero-order valence-corrected chi connectivity index (χ0v) is 16.1. The Morgan fingerprint density at radius 2 is 1.71 bits per heavy atom. The topological polar surface area (TPSA) is 76.7 Å². The fraction of sp³-hybridized carbons (Fsp3) is 0.364. The third kappa shape index (κ3) is 5.10. The van der Waals surface area contributed by atoms with Gasteiger partial charge in [-0.15, -0.1) is 0 Å². The monoisotopic (exact) mass is 382 g/mol. The zero-order valence-electron chi connectivity index (χ0n) is 16.1. The summed E-state index contributed by atoms with van der Waals surface area (Å²) in [6, 6.07) is 17.1. The van der Waals surface area contributed by atoms with Crippen molar-refractivity contribution in [2.75, 3.05) is 25.6 Å². The van der Waals surface area contributed by atoms with Crippen molar-refractivity contribution in [1.82, 2.24) is 5.32 Å². The quantitative estimate of drug-likeness (QED) is 0.489. The Labute approximate surface area is 165 Å². The molecule has 0 spiro atoms. The van der Waals surface area contributed by atoms with Gasteiger partial charge in [0.25, 0.3) is 0 Å². The Bertz CT molecular complexity index is 786. The van der Waals surface area contributed by atoms with Gasteiger partial charge in [0.1, 0.15) is 17.8 Å². The van der Waals surface area contributed by atoms with Crippen LogP contribution in [0, 0.1) is 5.41 Å². The van der Waals surface area contributed by atoms with Gasteiger partial charge in [-0.25, -0.2) is 0 Å². The number of hydrogen-bond acceptors (Lipinski definition) is 4. The van der Waals surface area contributed by atoms with Crippen molar-refractivity contribution in [2.24, 2.45) is 5.41 Å². The smallest absolute Gasteiger partial charge is 0.240 e. The fourth-order valence-corrected chi connectivity index (χ4v) is 2.90. The SMILES string of the molecule is COCCCNC(=O)C1(C(=O)Nc2ccc(OCc3ccccc3)cc2)CC1. The molecule has 1 saturated carbocycles. The lowest BCUT2D eigenvalue weighted by molar-refractivity contribution is -0.134. The second-order valence-electron chi connectivity index (χ2n) is 6.94. The summed E-state index contributed by atoms with van der Waals surface area (Å²) in [5.41, 5.74) is 0.804. The molecule has 28 heavy (non-hydrogen) atoms. The molecule has 0 unspecified atom stereocenters. The molecule has 1 aliphatic rings. The second kappa shape index (κ2) is 9.37. The average molecular weight is 382 g/mol. The number of benzene rings is 2. The Balaban J connectivity index is 1.49. The highest BCUT2D eigenvalue weighted by Crippen LogP contribution is 2.46. The third-order valence-electron chi connectivity index (χ3n) is 4.79. The first-order valence-corrected chi connectivity index (χ1v) is 9.49. The van der Waals surface area contributed by atoms with E-state index in [1.54, 1.807) is 19.2 Å². The molecule has 1 aliphatic carbocycles. The van der Waals surface area contributed by atoms with E-state index >= 15 is 0 Å². The van der Waals surface area contributed by atoms with E-state index in [1.165, 1.54) is 0 Å². The van der Waals surface area contributed by atoms with Crippen LogP contribution in [0.2, 0.25) is 0 Å². The van der Waals surface area contributed by atoms with Gasteiger partial charge in [0.05, 0.1) is 0 Å². The number of nitrogens with one attached hydrogen (secondary N) is 2. The van der Waals surface area contributed by atoms with E-state index in [1.807, 2.05) is 42.5 Å². The molecule has 148 valence electrons. The van der Waals surface area contributed by atoms with E-state index < -0.39 is 5.41 Å². The molecular formula is C22H26N2O4. The number of anilines is 1. The minimum absolute atomic E-state index is 0.205. The molecule has 0 aliphatic heterocycles. The first-order chi connectivity index (χ1) is 13.6. The summed E-state index contributed by atoms with van der Waals surface area (Å²) in [6.07, 6.45) is 1.88. The Morgan fingerprint density at radius 3 is 2.36 bits per heavy atom. The molecule has 0 atom stereocenters. The third-order valence-corrected chi connectivity index (χ3v) is 4.79. The summed E-state index contributed by atoms with van der Waals surface area (Å²) in [7, 11) is 1.62. The van der Waals surface area contributed by atoms with Gasteiger partial charge in [-0.1, -0.05) is 30.3 Å². The van der Waals surface area contributed by atoms with Crippen molar-refractivity contribution in [2.45, 2.75) is 25.9 Å². The Morgan fingerprint density at radius 1 is 1.00 bits per heavy atom. The van der Waals surface area contributed by atoms with Crippen molar-refractivity contribution in [1.29, 1.82) is 0 Å². The second-order valence-corrected chi connectivity index (χ2v) is 6.94. The molecule has 0 bridgehead atoms. The summed E-state index contributed by atoms with van der Waals surface area (Å²) in [5, 5.41) is 5.68. The molecule has 6 heteroatoms. The summed E-state index contributed by atoms with van der Waals surface area (Å²) < 4.78 is 10.7. The predicted octanol–water partition coefficient (Wildman–Crippen LogP) is 3.14. The first kappa shape index (κ1) is 19.9. The van der Waals surface area contributed by atoms with Gasteiger partial charge in [-0.05, 0) is 49.1 Å². The van der Waals surface area contributed by atoms with Crippen molar-refractivity contribution in [3.8, 4) is 5.75 Å². The van der Waals surface area contributed by atoms with Crippen LogP contribution in [0.25, 0.3) is 0 Å². The van der Waals surface area contributed by atoms with Crippen LogP contribution >= 0.6 is 0 Å². The molecule has 0 radical (unpaired) electrons. The molecule has 2 amide bonds. The van der Waals surface area contributed by atoms with Crippen LogP contribution in [-0.2, 0) is 20.9 Å². The van der Waals surface area contributed by atoms with E-state index in [0.717, 1.165) is 17.7 Å². The average Bonchev–Trinajstić information content (AvgIpc) is 3.54. The van der Waals surface area contributed by atoms with Gasteiger partial charge >= 0.3 is 0 Å². The number of rotatable bonds is 10. The highest BCUT2D eigenvalue weighted by atomic mass is 16.5. The number of hydrogen-bond donors (Lipinski definition) is 2. The van der Waals surface area contributed by atoms with E-state index in [9.17, 15) is 9.59 Å². The largest absolute Gasteiger partial charge is 0.489 e. The van der Waals surface area contributed by atoms with Crippen molar-refractivity contribution < 1.29 is 19.1 Å². The van der Waals surface area contributed by atoms with Gasteiger partial charge in [0, 0.05) is 25.9 Å². The fourth-order valence-electron chi connectivity index (χ4n) is 2.90. The van der Waals surface area contributed by atoms with Crippen LogP contribution in [0.5, 0.6) is 5.75 Å². The molecule has 2 aromatic carbocycles. The van der Waals surface area contributed by atoms with Crippen LogP contribution < -0.4 is 15.4 Å². The number of methoxy groups -OCH3 is 1. The first-order valence-electron chi connectivity index (χ1n) is 9.49. The van der Waals surface area contributed by atoms with Crippen molar-refractivity contribution >= 4 is 17.5 Å². The highest BCUT2D eigenvalue weighted by Gasteiger charge is 2.56. The predicted molar refractivity (Wildman–Crippen MR) is 107 cm³/mol. The normalized spacial score (nSPS) is 14.2. The van der Waals surface area contributed by atoms with Gasteiger partial charge in [-0.3, -0.25) is 9.59 Å². The van der Waals surface area contributed by atoms with Gasteiger partial charge in [0.2, 0.25) is 11.8 Å². The Hall–Kier alpha value is -2.86. The number of carbonyl (C=O) groups is 2. The van der Waals surface area contributed by atoms with Crippen LogP contribution in [0.3, 0.4) is 0 Å². The van der Waals surface area contributed by atoms with Gasteiger partial charge in [-0.2, -0.15) is 0 Å². The van der Waals surface area contributed by atoms with Crippen LogP contribution in [0.1, 0.15) is 24.8 Å². The summed E-state index contributed by atoms with van der Waals surface area (Å²) in [4.78, 5) is 25.0. The van der Waals surface area contributed by atoms with E-state index in [2.05, 4.69) is 10.6 Å². The molecule has 2 N–H and O–H groups in total. The standard InChI is InChI=1S/C22H26N2O4/c1-27-15-5-14-23-20(25)22(12-13-22)21(26)24-18-8-10-19(11-9-18)28-16-17-6-3-2-4-7-17/h2-4,6-11H,5,12-16H2,1H3,(H,23,25)(H,24,26). The van der Waals surface area contributed by atoms with E-state index in [0.29, 0.717) is 38.3 Å². The molecule has 0 aromatic heterocycles. The molecule has 0 heterocycles. The van der Waals surface area contributed by atoms with Crippen molar-refractivity contribution in [3.63, 3.8) is 0 Å². The number of ether oxygens (including phenoxy) is 2. The van der Waals surface area contributed by atoms with Gasteiger partial charge < -0.3 is 20.1 Å². The van der Waals surface area contributed by atoms with E-state index in [4.69, 9.17) is 9.47 Å². The molecule has 3 rings (SSSR count). The lowest BCUT2D eigenvalue weighted by Gasteiger charge is -2.15.